The Morgan fingerprint density at radius 1 is 1.20 bits per heavy atom. The number of hydrogen-bond acceptors (Lipinski definition) is 7. The van der Waals surface area contributed by atoms with Gasteiger partial charge in [0.25, 0.3) is 0 Å². The molecule has 2 aliphatic heterocycles. The molecular formula is C18H19N3O2S2. The Morgan fingerprint density at radius 3 is 2.80 bits per heavy atom. The first-order valence-corrected chi connectivity index (χ1v) is 10.1. The molecule has 3 aromatic rings. The first kappa shape index (κ1) is 15.4. The van der Waals surface area contributed by atoms with Crippen molar-refractivity contribution in [1.29, 1.82) is 0 Å². The third kappa shape index (κ3) is 2.41. The Labute approximate surface area is 154 Å². The van der Waals surface area contributed by atoms with Crippen LogP contribution in [0.4, 0.5) is 5.00 Å². The van der Waals surface area contributed by atoms with Crippen LogP contribution in [0.1, 0.15) is 24.3 Å². The van der Waals surface area contributed by atoms with Gasteiger partial charge in [0.2, 0.25) is 6.79 Å². The molecule has 0 bridgehead atoms. The van der Waals surface area contributed by atoms with Crippen LogP contribution in [0, 0.1) is 0 Å². The zero-order valence-corrected chi connectivity index (χ0v) is 15.8. The van der Waals surface area contributed by atoms with Crippen molar-refractivity contribution in [2.24, 2.45) is 0 Å². The highest BCUT2D eigenvalue weighted by molar-refractivity contribution is 7.22. The summed E-state index contributed by atoms with van der Waals surface area (Å²) in [5, 5.41) is 1.89. The van der Waals surface area contributed by atoms with Gasteiger partial charge in [-0.15, -0.1) is 22.7 Å². The maximum Gasteiger partial charge on any atom is 0.231 e. The molecule has 0 atom stereocenters. The minimum absolute atomic E-state index is 0.288. The number of nitrogens with two attached hydrogens (primary N) is 1. The summed E-state index contributed by atoms with van der Waals surface area (Å²) in [5.74, 6) is 1.58. The van der Waals surface area contributed by atoms with Gasteiger partial charge in [-0.1, -0.05) is 0 Å². The van der Waals surface area contributed by atoms with E-state index in [1.165, 1.54) is 10.4 Å². The number of hydrogen-bond donors (Lipinski definition) is 1. The summed E-state index contributed by atoms with van der Waals surface area (Å²) < 4.78 is 12.1. The number of fused-ring (bicyclic) bond motifs is 3. The molecule has 2 N–H and O–H groups in total. The second-order valence-electron chi connectivity index (χ2n) is 6.75. The standard InChI is InChI=1S/C18H19N3O2S2/c1-9(2)21-4-3-10-15(7-21)24-17(19)16(10)18-20-11-5-12-13(23-8-22-12)6-14(11)25-18/h5-6,9H,3-4,7-8,19H2,1-2H3. The molecule has 2 aliphatic rings. The van der Waals surface area contributed by atoms with E-state index in [1.807, 2.05) is 12.1 Å². The van der Waals surface area contributed by atoms with Crippen molar-refractivity contribution in [3.05, 3.63) is 22.6 Å². The predicted octanol–water partition coefficient (Wildman–Crippen LogP) is 4.10. The summed E-state index contributed by atoms with van der Waals surface area (Å²) >= 11 is 3.40. The van der Waals surface area contributed by atoms with Crippen LogP contribution in [0.25, 0.3) is 20.8 Å². The molecule has 5 nitrogen and oxygen atoms in total. The van der Waals surface area contributed by atoms with Crippen LogP contribution < -0.4 is 15.2 Å². The lowest BCUT2D eigenvalue weighted by Crippen LogP contribution is -2.35. The Morgan fingerprint density at radius 2 is 2.00 bits per heavy atom. The fourth-order valence-electron chi connectivity index (χ4n) is 3.54. The minimum atomic E-state index is 0.288. The third-order valence-corrected chi connectivity index (χ3v) is 7.02. The van der Waals surface area contributed by atoms with Crippen molar-refractivity contribution in [1.82, 2.24) is 9.88 Å². The number of thiazole rings is 1. The predicted molar refractivity (Wildman–Crippen MR) is 103 cm³/mol. The van der Waals surface area contributed by atoms with Crippen LogP contribution in [-0.4, -0.2) is 29.3 Å². The number of thiophene rings is 1. The van der Waals surface area contributed by atoms with E-state index in [9.17, 15) is 0 Å². The molecule has 0 saturated carbocycles. The van der Waals surface area contributed by atoms with Gasteiger partial charge in [0, 0.05) is 41.7 Å². The van der Waals surface area contributed by atoms with Crippen LogP contribution in [-0.2, 0) is 13.0 Å². The fourth-order valence-corrected chi connectivity index (χ4v) is 5.82. The Bertz CT molecular complexity index is 936. The van der Waals surface area contributed by atoms with Gasteiger partial charge >= 0.3 is 0 Å². The molecule has 2 aromatic heterocycles. The van der Waals surface area contributed by atoms with E-state index in [1.54, 1.807) is 22.7 Å². The van der Waals surface area contributed by atoms with Crippen molar-refractivity contribution in [3.63, 3.8) is 0 Å². The number of nitrogen functional groups attached to an aromatic ring is 1. The second kappa shape index (κ2) is 5.59. The minimum Gasteiger partial charge on any atom is -0.454 e. The molecule has 0 fully saturated rings. The average molecular weight is 374 g/mol. The number of anilines is 1. The first-order chi connectivity index (χ1) is 12.1. The Kier molecular flexibility index (Phi) is 3.45. The molecule has 7 heteroatoms. The van der Waals surface area contributed by atoms with Gasteiger partial charge in [-0.3, -0.25) is 4.90 Å². The molecule has 4 heterocycles. The molecule has 0 amide bonds. The summed E-state index contributed by atoms with van der Waals surface area (Å²) in [6, 6.07) is 4.55. The van der Waals surface area contributed by atoms with E-state index in [-0.39, 0.29) is 6.79 Å². The van der Waals surface area contributed by atoms with E-state index in [2.05, 4.69) is 18.7 Å². The molecule has 130 valence electrons. The van der Waals surface area contributed by atoms with Gasteiger partial charge in [-0.25, -0.2) is 4.98 Å². The summed E-state index contributed by atoms with van der Waals surface area (Å²) in [5.41, 5.74) is 9.89. The smallest absolute Gasteiger partial charge is 0.231 e. The maximum atomic E-state index is 6.41. The largest absolute Gasteiger partial charge is 0.454 e. The fraction of sp³-hybridized carbons (Fsp3) is 0.389. The highest BCUT2D eigenvalue weighted by atomic mass is 32.1. The second-order valence-corrected chi connectivity index (χ2v) is 8.92. The average Bonchev–Trinajstić information content (AvgIpc) is 3.26. The van der Waals surface area contributed by atoms with E-state index >= 15 is 0 Å². The molecule has 0 spiro atoms. The Balaban J connectivity index is 1.59. The van der Waals surface area contributed by atoms with Crippen molar-refractivity contribution in [2.45, 2.75) is 32.9 Å². The van der Waals surface area contributed by atoms with E-state index < -0.39 is 0 Å². The molecule has 1 aromatic carbocycles. The van der Waals surface area contributed by atoms with Gasteiger partial charge in [0.15, 0.2) is 11.5 Å². The van der Waals surface area contributed by atoms with Crippen LogP contribution >= 0.6 is 22.7 Å². The number of benzene rings is 1. The molecule has 0 unspecified atom stereocenters. The zero-order chi connectivity index (χ0) is 17.1. The molecule has 5 rings (SSSR count). The van der Waals surface area contributed by atoms with Gasteiger partial charge in [0.05, 0.1) is 15.2 Å². The first-order valence-electron chi connectivity index (χ1n) is 8.45. The lowest BCUT2D eigenvalue weighted by molar-refractivity contribution is 0.174. The summed E-state index contributed by atoms with van der Waals surface area (Å²) in [6.07, 6.45) is 1.04. The highest BCUT2D eigenvalue weighted by Gasteiger charge is 2.27. The zero-order valence-electron chi connectivity index (χ0n) is 14.2. The van der Waals surface area contributed by atoms with Gasteiger partial charge < -0.3 is 15.2 Å². The van der Waals surface area contributed by atoms with Crippen LogP contribution in [0.5, 0.6) is 11.5 Å². The van der Waals surface area contributed by atoms with E-state index in [0.717, 1.165) is 56.8 Å². The number of ether oxygens (including phenoxy) is 2. The monoisotopic (exact) mass is 373 g/mol. The summed E-state index contributed by atoms with van der Waals surface area (Å²) in [4.78, 5) is 8.74. The molecule has 0 aliphatic carbocycles. The van der Waals surface area contributed by atoms with Crippen LogP contribution in [0.15, 0.2) is 12.1 Å². The summed E-state index contributed by atoms with van der Waals surface area (Å²) in [6.45, 7) is 6.85. The Hall–Kier alpha value is -1.83. The number of rotatable bonds is 2. The van der Waals surface area contributed by atoms with Crippen LogP contribution in [0.3, 0.4) is 0 Å². The molecule has 25 heavy (non-hydrogen) atoms. The SMILES string of the molecule is CC(C)N1CCc2c(sc(N)c2-c2nc3cc4c(cc3s2)OCO4)C1. The number of nitrogens with zero attached hydrogens (tertiary/aromatic N) is 2. The van der Waals surface area contributed by atoms with Gasteiger partial charge in [-0.2, -0.15) is 0 Å². The lowest BCUT2D eigenvalue weighted by atomic mass is 10.0. The summed E-state index contributed by atoms with van der Waals surface area (Å²) in [7, 11) is 0. The topological polar surface area (TPSA) is 60.6 Å². The highest BCUT2D eigenvalue weighted by Crippen LogP contribution is 2.46. The van der Waals surface area contributed by atoms with Crippen molar-refractivity contribution < 1.29 is 9.47 Å². The normalized spacial score (nSPS) is 16.8. The van der Waals surface area contributed by atoms with Gasteiger partial charge in [-0.05, 0) is 25.8 Å². The quantitative estimate of drug-likeness (QED) is 0.733. The van der Waals surface area contributed by atoms with Crippen molar-refractivity contribution >= 4 is 37.9 Å². The molecule has 0 radical (unpaired) electrons. The van der Waals surface area contributed by atoms with Crippen molar-refractivity contribution in [2.75, 3.05) is 19.1 Å². The third-order valence-electron chi connectivity index (χ3n) is 4.94. The molecular weight excluding hydrogens is 354 g/mol. The lowest BCUT2D eigenvalue weighted by Gasteiger charge is -2.30. The molecule has 0 saturated heterocycles. The van der Waals surface area contributed by atoms with Crippen LogP contribution in [0.2, 0.25) is 0 Å². The number of aromatic nitrogens is 1. The maximum absolute atomic E-state index is 6.41. The van der Waals surface area contributed by atoms with E-state index in [4.69, 9.17) is 20.2 Å². The van der Waals surface area contributed by atoms with Crippen molar-refractivity contribution in [3.8, 4) is 22.1 Å². The van der Waals surface area contributed by atoms with E-state index in [0.29, 0.717) is 6.04 Å². The van der Waals surface area contributed by atoms with Gasteiger partial charge in [0.1, 0.15) is 5.01 Å².